The SMILES string of the molecule is O=S(=O)(Cc1ccccc1)c1nc2cccnc2s1. The summed E-state index contributed by atoms with van der Waals surface area (Å²) in [6.07, 6.45) is 1.63. The number of nitrogens with zero attached hydrogens (tertiary/aromatic N) is 2. The molecule has 0 amide bonds. The molecule has 0 saturated carbocycles. The molecule has 19 heavy (non-hydrogen) atoms. The predicted molar refractivity (Wildman–Crippen MR) is 74.7 cm³/mol. The molecule has 3 rings (SSSR count). The summed E-state index contributed by atoms with van der Waals surface area (Å²) in [5, 5.41) is 0. The monoisotopic (exact) mass is 290 g/mol. The number of hydrogen-bond donors (Lipinski definition) is 0. The smallest absolute Gasteiger partial charge is 0.212 e. The number of fused-ring (bicyclic) bond motifs is 1. The molecule has 4 nitrogen and oxygen atoms in total. The first-order valence-corrected chi connectivity index (χ1v) is 8.10. The highest BCUT2D eigenvalue weighted by molar-refractivity contribution is 7.92. The highest BCUT2D eigenvalue weighted by atomic mass is 32.2. The van der Waals surface area contributed by atoms with Gasteiger partial charge in [-0.1, -0.05) is 41.7 Å². The zero-order valence-electron chi connectivity index (χ0n) is 9.85. The zero-order chi connectivity index (χ0) is 13.3. The van der Waals surface area contributed by atoms with Crippen LogP contribution in [0.2, 0.25) is 0 Å². The van der Waals surface area contributed by atoms with Crippen molar-refractivity contribution >= 4 is 31.5 Å². The second kappa shape index (κ2) is 4.71. The van der Waals surface area contributed by atoms with Crippen LogP contribution < -0.4 is 0 Å². The first kappa shape index (κ1) is 12.3. The topological polar surface area (TPSA) is 59.9 Å². The van der Waals surface area contributed by atoms with E-state index >= 15 is 0 Å². The lowest BCUT2D eigenvalue weighted by Gasteiger charge is -2.00. The third kappa shape index (κ3) is 2.50. The Hall–Kier alpha value is -1.79. The van der Waals surface area contributed by atoms with E-state index in [1.165, 1.54) is 0 Å². The third-order valence-corrected chi connectivity index (χ3v) is 5.73. The van der Waals surface area contributed by atoms with Gasteiger partial charge in [0.1, 0.15) is 10.3 Å². The van der Waals surface area contributed by atoms with E-state index < -0.39 is 9.84 Å². The van der Waals surface area contributed by atoms with Crippen LogP contribution >= 0.6 is 11.3 Å². The van der Waals surface area contributed by atoms with Crippen LogP contribution in [0.25, 0.3) is 10.3 Å². The van der Waals surface area contributed by atoms with Crippen molar-refractivity contribution in [2.45, 2.75) is 10.1 Å². The van der Waals surface area contributed by atoms with Gasteiger partial charge in [-0.2, -0.15) is 0 Å². The van der Waals surface area contributed by atoms with Crippen LogP contribution in [0.4, 0.5) is 0 Å². The molecule has 6 heteroatoms. The third-order valence-electron chi connectivity index (χ3n) is 2.61. The summed E-state index contributed by atoms with van der Waals surface area (Å²) >= 11 is 1.11. The van der Waals surface area contributed by atoms with Gasteiger partial charge < -0.3 is 0 Å². The molecule has 96 valence electrons. The second-order valence-corrected chi connectivity index (χ2v) is 7.19. The molecular weight excluding hydrogens is 280 g/mol. The Kier molecular flexibility index (Phi) is 3.04. The molecule has 0 aliphatic carbocycles. The number of rotatable bonds is 3. The summed E-state index contributed by atoms with van der Waals surface area (Å²) in [5.74, 6) is -0.0341. The zero-order valence-corrected chi connectivity index (χ0v) is 11.5. The van der Waals surface area contributed by atoms with Gasteiger partial charge in [0, 0.05) is 6.20 Å². The molecule has 1 aromatic carbocycles. The number of thiazole rings is 1. The Bertz CT molecular complexity index is 778. The molecule has 0 unspecified atom stereocenters. The minimum absolute atomic E-state index is 0.0341. The number of sulfone groups is 1. The molecule has 0 aliphatic rings. The molecule has 0 bridgehead atoms. The molecule has 0 saturated heterocycles. The Balaban J connectivity index is 2.00. The predicted octanol–water partition coefficient (Wildman–Crippen LogP) is 2.67. The average molecular weight is 290 g/mol. The van der Waals surface area contributed by atoms with Crippen molar-refractivity contribution in [1.82, 2.24) is 9.97 Å². The molecule has 0 radical (unpaired) electrons. The van der Waals surface area contributed by atoms with E-state index in [1.807, 2.05) is 18.2 Å². The summed E-state index contributed by atoms with van der Waals surface area (Å²) in [6.45, 7) is 0. The minimum Gasteiger partial charge on any atom is -0.244 e. The van der Waals surface area contributed by atoms with Crippen molar-refractivity contribution in [2.75, 3.05) is 0 Å². The van der Waals surface area contributed by atoms with Gasteiger partial charge in [0.25, 0.3) is 0 Å². The quantitative estimate of drug-likeness (QED) is 0.744. The van der Waals surface area contributed by atoms with Gasteiger partial charge in [0.05, 0.1) is 5.75 Å². The van der Waals surface area contributed by atoms with Gasteiger partial charge >= 0.3 is 0 Å². The number of aromatic nitrogens is 2. The van der Waals surface area contributed by atoms with Gasteiger partial charge in [-0.3, -0.25) is 0 Å². The summed E-state index contributed by atoms with van der Waals surface area (Å²) in [6, 6.07) is 12.6. The summed E-state index contributed by atoms with van der Waals surface area (Å²) in [5.41, 5.74) is 1.38. The molecule has 0 fully saturated rings. The van der Waals surface area contributed by atoms with Gasteiger partial charge in [0.15, 0.2) is 0 Å². The van der Waals surface area contributed by atoms with E-state index in [2.05, 4.69) is 9.97 Å². The molecule has 2 heterocycles. The highest BCUT2D eigenvalue weighted by Crippen LogP contribution is 2.25. The Morgan fingerprint density at radius 1 is 1.05 bits per heavy atom. The normalized spacial score (nSPS) is 11.8. The molecule has 0 N–H and O–H groups in total. The number of benzene rings is 1. The maximum Gasteiger partial charge on any atom is 0.212 e. The summed E-state index contributed by atoms with van der Waals surface area (Å²) in [4.78, 5) is 8.91. The van der Waals surface area contributed by atoms with Crippen molar-refractivity contribution in [1.29, 1.82) is 0 Å². The van der Waals surface area contributed by atoms with E-state index in [4.69, 9.17) is 0 Å². The van der Waals surface area contributed by atoms with Crippen molar-refractivity contribution in [3.63, 3.8) is 0 Å². The maximum absolute atomic E-state index is 12.3. The van der Waals surface area contributed by atoms with Crippen LogP contribution in [0.1, 0.15) is 5.56 Å². The van der Waals surface area contributed by atoms with Crippen molar-refractivity contribution in [3.05, 3.63) is 54.2 Å². The number of hydrogen-bond acceptors (Lipinski definition) is 5. The van der Waals surface area contributed by atoms with Crippen molar-refractivity contribution in [2.24, 2.45) is 0 Å². The van der Waals surface area contributed by atoms with Gasteiger partial charge in [-0.05, 0) is 17.7 Å². The fourth-order valence-corrected chi connectivity index (χ4v) is 4.29. The van der Waals surface area contributed by atoms with Crippen LogP contribution in [0.15, 0.2) is 53.0 Å². The van der Waals surface area contributed by atoms with Gasteiger partial charge in [-0.15, -0.1) is 0 Å². The highest BCUT2D eigenvalue weighted by Gasteiger charge is 2.20. The van der Waals surface area contributed by atoms with Crippen LogP contribution in [0.5, 0.6) is 0 Å². The van der Waals surface area contributed by atoms with Gasteiger partial charge in [-0.25, -0.2) is 18.4 Å². The molecule has 3 aromatic rings. The molecule has 2 aromatic heterocycles. The Morgan fingerprint density at radius 2 is 1.84 bits per heavy atom. The first-order chi connectivity index (χ1) is 9.15. The molecule has 0 aliphatic heterocycles. The maximum atomic E-state index is 12.3. The van der Waals surface area contributed by atoms with E-state index in [0.29, 0.717) is 10.3 Å². The van der Waals surface area contributed by atoms with E-state index in [0.717, 1.165) is 16.9 Å². The Labute approximate surface area is 114 Å². The first-order valence-electron chi connectivity index (χ1n) is 5.63. The van der Waals surface area contributed by atoms with Crippen LogP contribution in [0.3, 0.4) is 0 Å². The molecule has 0 spiro atoms. The number of pyridine rings is 1. The fraction of sp³-hybridized carbons (Fsp3) is 0.0769. The van der Waals surface area contributed by atoms with E-state index in [9.17, 15) is 8.42 Å². The van der Waals surface area contributed by atoms with Crippen LogP contribution in [-0.2, 0) is 15.6 Å². The second-order valence-electron chi connectivity index (χ2n) is 4.05. The average Bonchev–Trinajstić information content (AvgIpc) is 2.84. The fourth-order valence-electron chi connectivity index (χ4n) is 1.74. The molecule has 0 atom stereocenters. The lowest BCUT2D eigenvalue weighted by Crippen LogP contribution is -2.04. The van der Waals surface area contributed by atoms with Crippen molar-refractivity contribution < 1.29 is 8.42 Å². The summed E-state index contributed by atoms with van der Waals surface area (Å²) < 4.78 is 24.7. The largest absolute Gasteiger partial charge is 0.244 e. The summed E-state index contributed by atoms with van der Waals surface area (Å²) in [7, 11) is -3.41. The van der Waals surface area contributed by atoms with Crippen LogP contribution in [-0.4, -0.2) is 18.4 Å². The lowest BCUT2D eigenvalue weighted by atomic mass is 10.2. The lowest BCUT2D eigenvalue weighted by molar-refractivity contribution is 0.594. The van der Waals surface area contributed by atoms with Gasteiger partial charge in [0.2, 0.25) is 14.2 Å². The van der Waals surface area contributed by atoms with E-state index in [-0.39, 0.29) is 10.1 Å². The van der Waals surface area contributed by atoms with E-state index in [1.54, 1.807) is 30.5 Å². The Morgan fingerprint density at radius 3 is 2.58 bits per heavy atom. The standard InChI is InChI=1S/C13H10N2O2S2/c16-19(17,9-10-5-2-1-3-6-10)13-15-11-7-4-8-14-12(11)18-13/h1-8H,9H2. The van der Waals surface area contributed by atoms with Crippen LogP contribution in [0, 0.1) is 0 Å². The molecular formula is C13H10N2O2S2. The van der Waals surface area contributed by atoms with Crippen molar-refractivity contribution in [3.8, 4) is 0 Å². The minimum atomic E-state index is -3.41.